The second-order valence-electron chi connectivity index (χ2n) is 14.0. The highest BCUT2D eigenvalue weighted by Crippen LogP contribution is 2.24. The summed E-state index contributed by atoms with van der Waals surface area (Å²) in [5, 5.41) is 8.31. The molecule has 0 radical (unpaired) electrons. The summed E-state index contributed by atoms with van der Waals surface area (Å²) in [6.07, 6.45) is 16.7. The van der Waals surface area contributed by atoms with Crippen molar-refractivity contribution >= 4 is 59.1 Å². The minimum atomic E-state index is -0.380. The van der Waals surface area contributed by atoms with E-state index in [1.54, 1.807) is 36.7 Å². The quantitative estimate of drug-likeness (QED) is 0.0337. The number of hydrazone groups is 2. The lowest BCUT2D eigenvalue weighted by atomic mass is 10.1. The molecule has 0 aliphatic heterocycles. The zero-order chi connectivity index (χ0) is 40.4. The van der Waals surface area contributed by atoms with Crippen molar-refractivity contribution in [3.05, 3.63) is 144 Å². The molecule has 10 nitrogen and oxygen atoms in total. The summed E-state index contributed by atoms with van der Waals surface area (Å²) < 4.78 is 8.72. The van der Waals surface area contributed by atoms with E-state index in [1.165, 1.54) is 35.5 Å². The molecule has 7 rings (SSSR count). The molecule has 0 unspecified atom stereocenters. The first kappa shape index (κ1) is 40.2. The van der Waals surface area contributed by atoms with Crippen molar-refractivity contribution in [3.63, 3.8) is 0 Å². The smallest absolute Gasteiger partial charge is 0.267 e. The Morgan fingerprint density at radius 3 is 1.34 bits per heavy atom. The molecule has 0 fully saturated rings. The maximum atomic E-state index is 12.8. The third-order valence-electron chi connectivity index (χ3n) is 9.90. The second kappa shape index (κ2) is 19.0. The van der Waals surface area contributed by atoms with E-state index < -0.39 is 0 Å². The van der Waals surface area contributed by atoms with Crippen molar-refractivity contribution in [3.8, 4) is 22.5 Å². The maximum absolute atomic E-state index is 12.8. The number of hydrogen-bond donors (Lipinski definition) is 2. The largest absolute Gasteiger partial charge is 0.286 e. The molecule has 0 aliphatic rings. The lowest BCUT2D eigenvalue weighted by Gasteiger charge is -2.03. The minimum absolute atomic E-state index is 0.378. The molecule has 7 aromatic rings. The number of unbranched alkanes of at least 4 members (excludes halogenated alkanes) is 2. The van der Waals surface area contributed by atoms with E-state index in [-0.39, 0.29) is 11.8 Å². The van der Waals surface area contributed by atoms with E-state index >= 15 is 0 Å². The van der Waals surface area contributed by atoms with Gasteiger partial charge in [0.1, 0.15) is 24.8 Å². The van der Waals surface area contributed by atoms with Crippen molar-refractivity contribution in [2.75, 3.05) is 11.5 Å². The Morgan fingerprint density at radius 2 is 0.966 bits per heavy atom. The molecule has 0 spiro atoms. The maximum Gasteiger partial charge on any atom is 0.286 e. The van der Waals surface area contributed by atoms with Crippen molar-refractivity contribution < 1.29 is 18.7 Å². The van der Waals surface area contributed by atoms with E-state index in [1.807, 2.05) is 72.1 Å². The highest BCUT2D eigenvalue weighted by Gasteiger charge is 2.18. The Balaban J connectivity index is 0.891. The Bertz CT molecular complexity index is 2410. The third-order valence-corrected chi connectivity index (χ3v) is 12.0. The number of aryl methyl sites for hydroxylation is 2. The van der Waals surface area contributed by atoms with Gasteiger partial charge in [0.2, 0.25) is 0 Å². The lowest BCUT2D eigenvalue weighted by molar-refractivity contribution is -0.633. The number of benzene rings is 3. The van der Waals surface area contributed by atoms with Crippen LogP contribution in [0.1, 0.15) is 71.4 Å². The first-order valence-electron chi connectivity index (χ1n) is 19.6. The predicted octanol–water partition coefficient (Wildman–Crippen LogP) is 8.49. The fourth-order valence-electron chi connectivity index (χ4n) is 6.53. The van der Waals surface area contributed by atoms with E-state index in [0.29, 0.717) is 11.1 Å². The summed E-state index contributed by atoms with van der Waals surface area (Å²) in [6.45, 7) is 4.43. The van der Waals surface area contributed by atoms with Gasteiger partial charge in [0.15, 0.2) is 11.4 Å². The molecule has 0 bridgehead atoms. The number of hydrogen-bond acceptors (Lipinski definition) is 6. The van der Waals surface area contributed by atoms with Gasteiger partial charge in [-0.1, -0.05) is 51.0 Å². The van der Waals surface area contributed by atoms with Crippen LogP contribution in [0.5, 0.6) is 0 Å². The van der Waals surface area contributed by atoms with Gasteiger partial charge in [0.05, 0.1) is 26.5 Å². The topological polar surface area (TPSA) is 99.5 Å². The number of thioether (sulfide) groups is 2. The molecule has 294 valence electrons. The molecule has 0 saturated heterocycles. The van der Waals surface area contributed by atoms with Crippen LogP contribution in [-0.4, -0.2) is 44.6 Å². The number of fused-ring (bicyclic) bond motifs is 2. The average Bonchev–Trinajstić information content (AvgIpc) is 3.76. The average molecular weight is 809 g/mol. The standard InChI is InChI=1S/C46H46N8O2S2/c1-5-7-25-57-39-21-23-43-51(3)41(31-53(43)29-39)35-13-9-33(10-14-35)27-47-49-45(55)37-17-19-38(20-18-37)46(56)50-48-28-34-11-15-36(16-12-34)42-32-54-30-40(58-26-8-6-2)22-24-44(54)52(42)4/h9-24,27-32H,5-8,25-26H2,1-4H3/p+2/b47-27-,48-28-. The van der Waals surface area contributed by atoms with Gasteiger partial charge in [-0.15, -0.1) is 23.5 Å². The fourth-order valence-corrected chi connectivity index (χ4v) is 8.57. The van der Waals surface area contributed by atoms with E-state index in [4.69, 9.17) is 0 Å². The van der Waals surface area contributed by atoms with Gasteiger partial charge in [-0.25, -0.2) is 28.8 Å². The third kappa shape index (κ3) is 9.58. The molecule has 2 amide bonds. The van der Waals surface area contributed by atoms with Crippen LogP contribution in [0.15, 0.2) is 142 Å². The summed E-state index contributed by atoms with van der Waals surface area (Å²) >= 11 is 3.78. The van der Waals surface area contributed by atoms with Gasteiger partial charge in [-0.3, -0.25) is 9.59 Å². The molecule has 0 saturated carbocycles. The molecular formula is C46H48N8O2S2+2. The fraction of sp³-hybridized carbons (Fsp3) is 0.217. The van der Waals surface area contributed by atoms with Crippen LogP contribution in [0.2, 0.25) is 0 Å². The molecule has 4 aromatic heterocycles. The summed E-state index contributed by atoms with van der Waals surface area (Å²) in [5.41, 5.74) is 14.2. The van der Waals surface area contributed by atoms with E-state index in [0.717, 1.165) is 56.4 Å². The zero-order valence-corrected chi connectivity index (χ0v) is 34.9. The van der Waals surface area contributed by atoms with Crippen LogP contribution in [0.4, 0.5) is 0 Å². The Hall–Kier alpha value is -5.98. The first-order chi connectivity index (χ1) is 28.3. The van der Waals surface area contributed by atoms with Gasteiger partial charge in [0.25, 0.3) is 23.1 Å². The molecule has 0 aliphatic carbocycles. The second-order valence-corrected chi connectivity index (χ2v) is 16.4. The predicted molar refractivity (Wildman–Crippen MR) is 236 cm³/mol. The number of pyridine rings is 2. The number of nitrogens with zero attached hydrogens (tertiary/aromatic N) is 6. The highest BCUT2D eigenvalue weighted by molar-refractivity contribution is 7.99. The van der Waals surface area contributed by atoms with Crippen LogP contribution >= 0.6 is 23.5 Å². The van der Waals surface area contributed by atoms with Crippen LogP contribution in [-0.2, 0) is 14.1 Å². The Morgan fingerprint density at radius 1 is 0.569 bits per heavy atom. The normalized spacial score (nSPS) is 11.7. The molecule has 3 aromatic carbocycles. The molecule has 58 heavy (non-hydrogen) atoms. The van der Waals surface area contributed by atoms with E-state index in [2.05, 4.69) is 116 Å². The first-order valence-corrected chi connectivity index (χ1v) is 21.5. The highest BCUT2D eigenvalue weighted by atomic mass is 32.2. The number of amides is 2. The van der Waals surface area contributed by atoms with Gasteiger partial charge in [0, 0.05) is 44.2 Å². The van der Waals surface area contributed by atoms with Crippen molar-refractivity contribution in [2.24, 2.45) is 24.3 Å². The summed E-state index contributed by atoms with van der Waals surface area (Å²) in [7, 11) is 4.14. The number of nitrogens with one attached hydrogen (secondary N) is 2. The summed E-state index contributed by atoms with van der Waals surface area (Å²) in [6, 6.07) is 31.1. The number of aromatic nitrogens is 4. The Labute approximate surface area is 347 Å². The molecule has 12 heteroatoms. The number of carbonyl (C=O) groups is 2. The zero-order valence-electron chi connectivity index (χ0n) is 33.3. The summed E-state index contributed by atoms with van der Waals surface area (Å²) in [4.78, 5) is 28.1. The number of carbonyl (C=O) groups excluding carboxylic acids is 2. The van der Waals surface area contributed by atoms with Crippen molar-refractivity contribution in [1.29, 1.82) is 0 Å². The monoisotopic (exact) mass is 808 g/mol. The van der Waals surface area contributed by atoms with Crippen molar-refractivity contribution in [2.45, 2.75) is 49.3 Å². The number of rotatable bonds is 16. The van der Waals surface area contributed by atoms with E-state index in [9.17, 15) is 9.59 Å². The minimum Gasteiger partial charge on any atom is -0.267 e. The summed E-state index contributed by atoms with van der Waals surface area (Å²) in [5.74, 6) is 1.49. The van der Waals surface area contributed by atoms with Gasteiger partial charge in [-0.2, -0.15) is 10.2 Å². The van der Waals surface area contributed by atoms with Crippen LogP contribution in [0, 0.1) is 0 Å². The molecule has 4 heterocycles. The number of imidazole rings is 2. The van der Waals surface area contributed by atoms with Crippen LogP contribution in [0.3, 0.4) is 0 Å². The molecular weight excluding hydrogens is 761 g/mol. The van der Waals surface area contributed by atoms with Gasteiger partial charge in [-0.05, 0) is 96.1 Å². The van der Waals surface area contributed by atoms with Gasteiger partial charge < -0.3 is 0 Å². The van der Waals surface area contributed by atoms with Crippen LogP contribution in [0.25, 0.3) is 33.8 Å². The molecule has 0 atom stereocenters. The SMILES string of the molecule is CCCCSc1ccc2n(c1)cc(-c1ccc(/C=N\NC(=O)c3ccc(C(=O)N/N=C\c4ccc(-c5cn6cc(SCCCC)ccc6[n+]5C)cc4)cc3)cc1)[n+]2C. The van der Waals surface area contributed by atoms with Gasteiger partial charge >= 0.3 is 0 Å². The lowest BCUT2D eigenvalue weighted by Crippen LogP contribution is -2.29. The van der Waals surface area contributed by atoms with Crippen molar-refractivity contribution in [1.82, 2.24) is 19.7 Å². The Kier molecular flexibility index (Phi) is 13.2. The van der Waals surface area contributed by atoms with Crippen LogP contribution < -0.4 is 20.0 Å². The molecule has 2 N–H and O–H groups in total.